The van der Waals surface area contributed by atoms with E-state index in [1.54, 1.807) is 19.5 Å². The molecule has 0 spiro atoms. The molecule has 29 heavy (non-hydrogen) atoms. The van der Waals surface area contributed by atoms with Gasteiger partial charge in [-0.2, -0.15) is 0 Å². The molecule has 0 saturated carbocycles. The fourth-order valence-electron chi connectivity index (χ4n) is 3.20. The number of anilines is 1. The summed E-state index contributed by atoms with van der Waals surface area (Å²) in [4.78, 5) is 9.84. The molecule has 2 N–H and O–H groups in total. The van der Waals surface area contributed by atoms with E-state index in [0.29, 0.717) is 22.3 Å². The minimum Gasteiger partial charge on any atom is -0.611 e. The number of aromatic nitrogens is 2. The molecule has 0 radical (unpaired) electrons. The first-order valence-electron chi connectivity index (χ1n) is 9.25. The van der Waals surface area contributed by atoms with Crippen LogP contribution in [0.15, 0.2) is 65.1 Å². The highest BCUT2D eigenvalue weighted by molar-refractivity contribution is 7.93. The normalized spacial score (nSPS) is 12.3. The number of benzene rings is 1. The van der Waals surface area contributed by atoms with E-state index >= 15 is 0 Å². The first-order valence-corrected chi connectivity index (χ1v) is 11.4. The number of methoxy groups -OCH3 is 1. The quantitative estimate of drug-likeness (QED) is 0.342. The molecule has 0 aliphatic rings. The lowest BCUT2D eigenvalue weighted by Gasteiger charge is -2.09. The maximum absolute atomic E-state index is 12.9. The van der Waals surface area contributed by atoms with Gasteiger partial charge in [-0.1, -0.05) is 41.7 Å². The van der Waals surface area contributed by atoms with Crippen LogP contribution in [0.5, 0.6) is 0 Å². The van der Waals surface area contributed by atoms with Gasteiger partial charge in [0.25, 0.3) is 0 Å². The smallest absolute Gasteiger partial charge is 0.232 e. The Hall–Kier alpha value is -2.45. The first-order chi connectivity index (χ1) is 14.2. The van der Waals surface area contributed by atoms with Crippen LogP contribution in [0.2, 0.25) is 0 Å². The number of hydrogen-bond donors (Lipinski definition) is 1. The van der Waals surface area contributed by atoms with Gasteiger partial charge >= 0.3 is 0 Å². The van der Waals surface area contributed by atoms with Gasteiger partial charge in [0.05, 0.1) is 12.3 Å². The monoisotopic (exact) mass is 423 g/mol. The molecular weight excluding hydrogens is 402 g/mol. The topological polar surface area (TPSA) is 84.1 Å². The van der Waals surface area contributed by atoms with E-state index in [-0.39, 0.29) is 0 Å². The van der Waals surface area contributed by atoms with Crippen molar-refractivity contribution in [2.24, 2.45) is 0 Å². The number of nitrogen functional groups attached to an aromatic ring is 1. The number of nitrogens with two attached hydrogens (primary N) is 1. The molecule has 7 heteroatoms. The van der Waals surface area contributed by atoms with Gasteiger partial charge in [0, 0.05) is 36.9 Å². The molecule has 148 valence electrons. The van der Waals surface area contributed by atoms with Crippen molar-refractivity contribution in [1.82, 2.24) is 9.97 Å². The van der Waals surface area contributed by atoms with Gasteiger partial charge in [-0.3, -0.25) is 4.98 Å². The van der Waals surface area contributed by atoms with E-state index in [1.807, 2.05) is 48.5 Å². The predicted molar refractivity (Wildman–Crippen MR) is 120 cm³/mol. The van der Waals surface area contributed by atoms with Gasteiger partial charge in [-0.15, -0.1) is 0 Å². The Labute approximate surface area is 176 Å². The summed E-state index contributed by atoms with van der Waals surface area (Å²) in [5.74, 6) is 0.515. The van der Waals surface area contributed by atoms with Crippen molar-refractivity contribution < 1.29 is 9.29 Å². The van der Waals surface area contributed by atoms with E-state index < -0.39 is 11.2 Å². The van der Waals surface area contributed by atoms with Crippen molar-refractivity contribution in [3.63, 3.8) is 0 Å². The second kappa shape index (κ2) is 8.92. The van der Waals surface area contributed by atoms with Crippen molar-refractivity contribution in [1.29, 1.82) is 0 Å². The van der Waals surface area contributed by atoms with Crippen LogP contribution in [0.1, 0.15) is 6.42 Å². The van der Waals surface area contributed by atoms with Crippen molar-refractivity contribution in [3.8, 4) is 22.4 Å². The average Bonchev–Trinajstić information content (AvgIpc) is 3.11. The summed E-state index contributed by atoms with van der Waals surface area (Å²) in [5, 5.41) is 0.865. The molecule has 4 aromatic rings. The molecule has 1 atom stereocenters. The van der Waals surface area contributed by atoms with Gasteiger partial charge < -0.3 is 15.0 Å². The zero-order valence-electron chi connectivity index (χ0n) is 16.0. The lowest BCUT2D eigenvalue weighted by molar-refractivity contribution is 0.199. The third kappa shape index (κ3) is 4.13. The molecule has 0 amide bonds. The number of pyridine rings is 2. The third-order valence-electron chi connectivity index (χ3n) is 4.59. The summed E-state index contributed by atoms with van der Waals surface area (Å²) < 4.78 is 18.6. The Morgan fingerprint density at radius 3 is 2.66 bits per heavy atom. The standard InChI is InChI=1S/C22H21N3O2S2/c1-27-11-6-12-29(26)22-20(23)19-17(15-7-3-2-4-8-15)13-18(25-21(19)28-22)16-9-5-10-24-14-16/h2-5,7-10,13-14H,6,11-12,23H2,1H3. The average molecular weight is 424 g/mol. The number of thiophene rings is 1. The molecule has 0 fully saturated rings. The summed E-state index contributed by atoms with van der Waals surface area (Å²) in [6, 6.07) is 16.0. The van der Waals surface area contributed by atoms with Gasteiger partial charge in [0.15, 0.2) is 0 Å². The first kappa shape index (κ1) is 19.8. The molecular formula is C22H21N3O2S2. The maximum atomic E-state index is 12.9. The van der Waals surface area contributed by atoms with Crippen LogP contribution in [0.25, 0.3) is 32.6 Å². The summed E-state index contributed by atoms with van der Waals surface area (Å²) in [6.45, 7) is 0.579. The largest absolute Gasteiger partial charge is 0.611 e. The lowest BCUT2D eigenvalue weighted by atomic mass is 10.0. The Balaban J connectivity index is 1.88. The Kier molecular flexibility index (Phi) is 6.10. The number of hydrogen-bond acceptors (Lipinski definition) is 6. The van der Waals surface area contributed by atoms with Crippen LogP contribution < -0.4 is 5.73 Å². The zero-order valence-corrected chi connectivity index (χ0v) is 17.6. The molecule has 0 saturated heterocycles. The molecule has 0 aliphatic heterocycles. The van der Waals surface area contributed by atoms with Gasteiger partial charge in [0.1, 0.15) is 16.3 Å². The van der Waals surface area contributed by atoms with Crippen LogP contribution >= 0.6 is 11.3 Å². The number of ether oxygens (including phenoxy) is 1. The second-order valence-electron chi connectivity index (χ2n) is 6.54. The highest BCUT2D eigenvalue weighted by atomic mass is 32.2. The molecule has 3 heterocycles. The van der Waals surface area contributed by atoms with Crippen LogP contribution in [0, 0.1) is 0 Å². The highest BCUT2D eigenvalue weighted by Crippen LogP contribution is 2.43. The SMILES string of the molecule is COCCC[S+]([O-])c1sc2nc(-c3cccnc3)cc(-c3ccccc3)c2c1N. The second-order valence-corrected chi connectivity index (χ2v) is 9.31. The summed E-state index contributed by atoms with van der Waals surface area (Å²) in [7, 11) is 1.65. The third-order valence-corrected chi connectivity index (χ3v) is 7.59. The van der Waals surface area contributed by atoms with Crippen LogP contribution in [-0.2, 0) is 15.9 Å². The summed E-state index contributed by atoms with van der Waals surface area (Å²) in [6.07, 6.45) is 4.25. The van der Waals surface area contributed by atoms with E-state index in [4.69, 9.17) is 15.5 Å². The van der Waals surface area contributed by atoms with E-state index in [0.717, 1.165) is 39.0 Å². The minimum absolute atomic E-state index is 0.515. The Morgan fingerprint density at radius 2 is 1.93 bits per heavy atom. The van der Waals surface area contributed by atoms with E-state index in [9.17, 15) is 4.55 Å². The zero-order chi connectivity index (χ0) is 20.2. The molecule has 0 bridgehead atoms. The maximum Gasteiger partial charge on any atom is 0.232 e. The summed E-state index contributed by atoms with van der Waals surface area (Å²) in [5.41, 5.74) is 10.9. The lowest BCUT2D eigenvalue weighted by Crippen LogP contribution is -2.09. The fourth-order valence-corrected chi connectivity index (χ4v) is 5.83. The van der Waals surface area contributed by atoms with E-state index in [1.165, 1.54) is 11.3 Å². The van der Waals surface area contributed by atoms with Crippen LogP contribution in [-0.4, -0.2) is 34.0 Å². The van der Waals surface area contributed by atoms with Crippen molar-refractivity contribution >= 4 is 38.4 Å². The van der Waals surface area contributed by atoms with Crippen LogP contribution in [0.3, 0.4) is 0 Å². The highest BCUT2D eigenvalue weighted by Gasteiger charge is 2.24. The molecule has 1 unspecified atom stereocenters. The molecule has 1 aromatic carbocycles. The van der Waals surface area contributed by atoms with Crippen molar-refractivity contribution in [2.75, 3.05) is 25.2 Å². The molecule has 5 nitrogen and oxygen atoms in total. The van der Waals surface area contributed by atoms with Crippen molar-refractivity contribution in [2.45, 2.75) is 10.6 Å². The molecule has 0 aliphatic carbocycles. The van der Waals surface area contributed by atoms with Crippen LogP contribution in [0.4, 0.5) is 5.69 Å². The van der Waals surface area contributed by atoms with Gasteiger partial charge in [-0.25, -0.2) is 4.98 Å². The van der Waals surface area contributed by atoms with Crippen molar-refractivity contribution in [3.05, 3.63) is 60.9 Å². The number of rotatable bonds is 7. The number of nitrogens with zero attached hydrogens (tertiary/aromatic N) is 2. The van der Waals surface area contributed by atoms with Gasteiger partial charge in [-0.05, 0) is 40.5 Å². The fraction of sp³-hybridized carbons (Fsp3) is 0.182. The van der Waals surface area contributed by atoms with Gasteiger partial charge in [0.2, 0.25) is 4.21 Å². The van der Waals surface area contributed by atoms with E-state index in [2.05, 4.69) is 4.98 Å². The number of fused-ring (bicyclic) bond motifs is 1. The Morgan fingerprint density at radius 1 is 1.14 bits per heavy atom. The Bertz CT molecular complexity index is 1100. The minimum atomic E-state index is -1.18. The predicted octanol–water partition coefficient (Wildman–Crippen LogP) is 4.75. The molecule has 4 rings (SSSR count). The molecule has 3 aromatic heterocycles. The summed E-state index contributed by atoms with van der Waals surface area (Å²) >= 11 is 0.226.